The van der Waals surface area contributed by atoms with E-state index in [0.717, 1.165) is 10.4 Å². The zero-order valence-corrected chi connectivity index (χ0v) is 15.1. The number of nitrogens with zero attached hydrogens (tertiary/aromatic N) is 1. The smallest absolute Gasteiger partial charge is 0.262 e. The number of benzene rings is 1. The molecule has 0 spiro atoms. The highest BCUT2D eigenvalue weighted by molar-refractivity contribution is 7.93. The molecule has 0 radical (unpaired) electrons. The van der Waals surface area contributed by atoms with Crippen molar-refractivity contribution in [2.75, 3.05) is 10.0 Å². The van der Waals surface area contributed by atoms with E-state index in [9.17, 15) is 18.5 Å². The van der Waals surface area contributed by atoms with E-state index in [1.54, 1.807) is 0 Å². The number of nitriles is 1. The maximum atomic E-state index is 12.5. The number of hydrogen-bond donors (Lipinski definition) is 2. The molecule has 1 aromatic carbocycles. The number of nitrogens with one attached hydrogen (secondary N) is 2. The first-order valence-corrected chi connectivity index (χ1v) is 9.51. The summed E-state index contributed by atoms with van der Waals surface area (Å²) >= 11 is 1.25. The highest BCUT2D eigenvalue weighted by Crippen LogP contribution is 2.34. The average molecular weight is 363 g/mol. The van der Waals surface area contributed by atoms with Gasteiger partial charge in [0.05, 0.1) is 10.5 Å². The molecule has 1 heterocycles. The van der Waals surface area contributed by atoms with E-state index < -0.39 is 10.0 Å². The largest absolute Gasteiger partial charge is 0.326 e. The summed E-state index contributed by atoms with van der Waals surface area (Å²) in [5, 5.41) is 12.2. The van der Waals surface area contributed by atoms with Gasteiger partial charge in [-0.1, -0.05) is 6.92 Å². The molecular formula is C16H17N3O3S2. The lowest BCUT2D eigenvalue weighted by atomic mass is 10.1. The molecule has 0 aliphatic heterocycles. The highest BCUT2D eigenvalue weighted by Gasteiger charge is 2.21. The Morgan fingerprint density at radius 2 is 1.92 bits per heavy atom. The van der Waals surface area contributed by atoms with Crippen molar-refractivity contribution in [2.24, 2.45) is 0 Å². The Balaban J connectivity index is 2.32. The normalized spacial score (nSPS) is 10.9. The van der Waals surface area contributed by atoms with Crippen molar-refractivity contribution < 1.29 is 13.2 Å². The van der Waals surface area contributed by atoms with Gasteiger partial charge in [0.25, 0.3) is 10.0 Å². The lowest BCUT2D eigenvalue weighted by Gasteiger charge is -2.08. The van der Waals surface area contributed by atoms with Crippen molar-refractivity contribution >= 4 is 38.0 Å². The SMILES string of the molecule is CCc1c(C)sc(NS(=O)(=O)c2ccc(NC(C)=O)cc2)c1C#N. The number of sulfonamides is 1. The summed E-state index contributed by atoms with van der Waals surface area (Å²) in [6, 6.07) is 7.91. The molecule has 126 valence electrons. The second kappa shape index (κ2) is 7.03. The molecule has 0 bridgehead atoms. The summed E-state index contributed by atoms with van der Waals surface area (Å²) in [5.41, 5.74) is 1.75. The fourth-order valence-electron chi connectivity index (χ4n) is 2.30. The van der Waals surface area contributed by atoms with E-state index in [1.165, 1.54) is 42.5 Å². The fraction of sp³-hybridized carbons (Fsp3) is 0.250. The summed E-state index contributed by atoms with van der Waals surface area (Å²) in [6.45, 7) is 5.17. The van der Waals surface area contributed by atoms with Gasteiger partial charge in [0.15, 0.2) is 0 Å². The van der Waals surface area contributed by atoms with Crippen LogP contribution in [0.2, 0.25) is 0 Å². The van der Waals surface area contributed by atoms with Crippen molar-refractivity contribution in [1.82, 2.24) is 0 Å². The first kappa shape index (κ1) is 18.0. The topological polar surface area (TPSA) is 99.1 Å². The summed E-state index contributed by atoms with van der Waals surface area (Å²) in [4.78, 5) is 12.0. The molecule has 0 aliphatic carbocycles. The van der Waals surface area contributed by atoms with E-state index in [1.807, 2.05) is 13.8 Å². The number of thiophene rings is 1. The Hall–Kier alpha value is -2.37. The van der Waals surface area contributed by atoms with Crippen LogP contribution in [0, 0.1) is 18.3 Å². The number of hydrogen-bond acceptors (Lipinski definition) is 5. The van der Waals surface area contributed by atoms with E-state index in [2.05, 4.69) is 16.1 Å². The monoisotopic (exact) mass is 363 g/mol. The number of carbonyl (C=O) groups excluding carboxylic acids is 1. The van der Waals surface area contributed by atoms with Gasteiger partial charge in [-0.25, -0.2) is 8.42 Å². The Morgan fingerprint density at radius 1 is 1.29 bits per heavy atom. The van der Waals surface area contributed by atoms with Crippen LogP contribution in [-0.2, 0) is 21.2 Å². The Bertz CT molecular complexity index is 907. The molecule has 0 saturated carbocycles. The second-order valence-corrected chi connectivity index (χ2v) is 8.02. The van der Waals surface area contributed by atoms with Gasteiger partial charge >= 0.3 is 0 Å². The summed E-state index contributed by atoms with van der Waals surface area (Å²) in [7, 11) is -3.81. The molecule has 0 fully saturated rings. The third-order valence-corrected chi connectivity index (χ3v) is 5.94. The van der Waals surface area contributed by atoms with E-state index in [0.29, 0.717) is 22.7 Å². The number of aryl methyl sites for hydroxylation is 1. The highest BCUT2D eigenvalue weighted by atomic mass is 32.2. The minimum absolute atomic E-state index is 0.0598. The maximum absolute atomic E-state index is 12.5. The van der Waals surface area contributed by atoms with Crippen molar-refractivity contribution in [1.29, 1.82) is 5.26 Å². The van der Waals surface area contributed by atoms with Gasteiger partial charge in [-0.15, -0.1) is 11.3 Å². The molecule has 0 saturated heterocycles. The predicted octanol–water partition coefficient (Wildman–Crippen LogP) is 3.25. The van der Waals surface area contributed by atoms with Gasteiger partial charge in [-0.3, -0.25) is 9.52 Å². The van der Waals surface area contributed by atoms with Crippen LogP contribution in [0.1, 0.15) is 29.9 Å². The molecule has 0 aliphatic rings. The van der Waals surface area contributed by atoms with Crippen molar-refractivity contribution in [2.45, 2.75) is 32.1 Å². The predicted molar refractivity (Wildman–Crippen MR) is 94.7 cm³/mol. The van der Waals surface area contributed by atoms with Crippen LogP contribution in [0.25, 0.3) is 0 Å². The molecule has 2 rings (SSSR count). The van der Waals surface area contributed by atoms with Crippen LogP contribution in [0.4, 0.5) is 10.7 Å². The Morgan fingerprint density at radius 3 is 2.42 bits per heavy atom. The number of carbonyl (C=O) groups is 1. The zero-order chi connectivity index (χ0) is 17.9. The van der Waals surface area contributed by atoms with Crippen LogP contribution >= 0.6 is 11.3 Å². The molecular weight excluding hydrogens is 346 g/mol. The molecule has 1 aromatic heterocycles. The molecule has 0 atom stereocenters. The van der Waals surface area contributed by atoms with Crippen LogP contribution < -0.4 is 10.0 Å². The molecule has 2 N–H and O–H groups in total. The molecule has 2 aromatic rings. The summed E-state index contributed by atoms with van der Waals surface area (Å²) in [5.74, 6) is -0.233. The van der Waals surface area contributed by atoms with Crippen molar-refractivity contribution in [3.8, 4) is 6.07 Å². The van der Waals surface area contributed by atoms with Crippen LogP contribution in [0.3, 0.4) is 0 Å². The average Bonchev–Trinajstić information content (AvgIpc) is 2.80. The van der Waals surface area contributed by atoms with Crippen LogP contribution in [-0.4, -0.2) is 14.3 Å². The van der Waals surface area contributed by atoms with Gasteiger partial charge in [0.2, 0.25) is 5.91 Å². The van der Waals surface area contributed by atoms with Gasteiger partial charge in [-0.05, 0) is 43.2 Å². The van der Waals surface area contributed by atoms with Crippen molar-refractivity contribution in [3.63, 3.8) is 0 Å². The maximum Gasteiger partial charge on any atom is 0.262 e. The molecule has 6 nitrogen and oxygen atoms in total. The summed E-state index contributed by atoms with van der Waals surface area (Å²) in [6.07, 6.45) is 0.665. The fourth-order valence-corrected chi connectivity index (χ4v) is 4.70. The third kappa shape index (κ3) is 3.75. The number of anilines is 2. The quantitative estimate of drug-likeness (QED) is 0.852. The van der Waals surface area contributed by atoms with Crippen LogP contribution in [0.15, 0.2) is 29.2 Å². The van der Waals surface area contributed by atoms with E-state index in [-0.39, 0.29) is 10.8 Å². The zero-order valence-electron chi connectivity index (χ0n) is 13.5. The lowest BCUT2D eigenvalue weighted by Crippen LogP contribution is -2.13. The lowest BCUT2D eigenvalue weighted by molar-refractivity contribution is -0.114. The van der Waals surface area contributed by atoms with E-state index >= 15 is 0 Å². The molecule has 8 heteroatoms. The minimum atomic E-state index is -3.81. The molecule has 0 unspecified atom stereocenters. The first-order valence-electron chi connectivity index (χ1n) is 7.21. The third-order valence-electron chi connectivity index (χ3n) is 3.39. The van der Waals surface area contributed by atoms with E-state index in [4.69, 9.17) is 0 Å². The van der Waals surface area contributed by atoms with Gasteiger partial charge in [0.1, 0.15) is 11.1 Å². The number of rotatable bonds is 5. The standard InChI is InChI=1S/C16H17N3O3S2/c1-4-14-10(2)23-16(15(14)9-17)19-24(21,22)13-7-5-12(6-8-13)18-11(3)20/h5-8,19H,4H2,1-3H3,(H,18,20). The molecule has 24 heavy (non-hydrogen) atoms. The van der Waals surface area contributed by atoms with Crippen molar-refractivity contribution in [3.05, 3.63) is 40.3 Å². The number of amides is 1. The minimum Gasteiger partial charge on any atom is -0.326 e. The summed E-state index contributed by atoms with van der Waals surface area (Å²) < 4.78 is 27.5. The Labute approximate surface area is 145 Å². The first-order chi connectivity index (χ1) is 11.3. The Kier molecular flexibility index (Phi) is 5.26. The van der Waals surface area contributed by atoms with Crippen LogP contribution in [0.5, 0.6) is 0 Å². The second-order valence-electron chi connectivity index (χ2n) is 5.12. The van der Waals surface area contributed by atoms with Gasteiger partial charge in [-0.2, -0.15) is 5.26 Å². The van der Waals surface area contributed by atoms with Gasteiger partial charge < -0.3 is 5.32 Å². The molecule has 1 amide bonds. The van der Waals surface area contributed by atoms with Gasteiger partial charge in [0, 0.05) is 17.5 Å².